The summed E-state index contributed by atoms with van der Waals surface area (Å²) < 4.78 is 5.66. The minimum Gasteiger partial charge on any atom is -0.457 e. The van der Waals surface area contributed by atoms with Crippen LogP contribution in [0.1, 0.15) is 22.8 Å². The maximum Gasteiger partial charge on any atom is 0.159 e. The first-order chi connectivity index (χ1) is 9.69. The SMILES string of the molecule is CC(=O)c1ccc(Oc2ccc(CN=[N+]=[N-])cc2)cc1. The summed E-state index contributed by atoms with van der Waals surface area (Å²) in [5.41, 5.74) is 9.82. The first-order valence-corrected chi connectivity index (χ1v) is 6.07. The van der Waals surface area contributed by atoms with Crippen LogP contribution in [0.25, 0.3) is 10.4 Å². The molecule has 2 rings (SSSR count). The number of carbonyl (C=O) groups is 1. The highest BCUT2D eigenvalue weighted by atomic mass is 16.5. The normalized spacial score (nSPS) is 9.65. The van der Waals surface area contributed by atoms with Gasteiger partial charge >= 0.3 is 0 Å². The lowest BCUT2D eigenvalue weighted by Crippen LogP contribution is -1.91. The molecule has 0 aromatic heterocycles. The molecule has 0 aliphatic carbocycles. The third-order valence-corrected chi connectivity index (χ3v) is 2.74. The van der Waals surface area contributed by atoms with Gasteiger partial charge in [0.1, 0.15) is 11.5 Å². The van der Waals surface area contributed by atoms with Crippen molar-refractivity contribution < 1.29 is 9.53 Å². The molecular formula is C15H13N3O2. The fourth-order valence-corrected chi connectivity index (χ4v) is 1.67. The van der Waals surface area contributed by atoms with Crippen LogP contribution < -0.4 is 4.74 Å². The Morgan fingerprint density at radius 1 is 1.10 bits per heavy atom. The van der Waals surface area contributed by atoms with Crippen LogP contribution in [0.5, 0.6) is 11.5 Å². The number of hydrogen-bond acceptors (Lipinski definition) is 3. The van der Waals surface area contributed by atoms with Crippen molar-refractivity contribution in [2.75, 3.05) is 0 Å². The van der Waals surface area contributed by atoms with Crippen LogP contribution in [0.15, 0.2) is 53.6 Å². The highest BCUT2D eigenvalue weighted by Gasteiger charge is 2.01. The van der Waals surface area contributed by atoms with Crippen molar-refractivity contribution in [3.63, 3.8) is 0 Å². The number of benzene rings is 2. The van der Waals surface area contributed by atoms with Crippen LogP contribution in [-0.2, 0) is 6.54 Å². The molecule has 2 aromatic carbocycles. The Morgan fingerprint density at radius 2 is 1.65 bits per heavy atom. The largest absolute Gasteiger partial charge is 0.457 e. The highest BCUT2D eigenvalue weighted by molar-refractivity contribution is 5.94. The van der Waals surface area contributed by atoms with E-state index < -0.39 is 0 Å². The molecule has 0 aliphatic heterocycles. The Hall–Kier alpha value is -2.78. The Morgan fingerprint density at radius 3 is 2.15 bits per heavy atom. The second kappa shape index (κ2) is 6.41. The lowest BCUT2D eigenvalue weighted by molar-refractivity contribution is 0.101. The first kappa shape index (κ1) is 13.6. The minimum absolute atomic E-state index is 0.0268. The van der Waals surface area contributed by atoms with E-state index in [1.165, 1.54) is 6.92 Å². The topological polar surface area (TPSA) is 75.1 Å². The molecule has 0 saturated heterocycles. The van der Waals surface area contributed by atoms with Crippen LogP contribution in [0.4, 0.5) is 0 Å². The van der Waals surface area contributed by atoms with E-state index in [1.54, 1.807) is 36.4 Å². The van der Waals surface area contributed by atoms with E-state index in [2.05, 4.69) is 10.0 Å². The molecule has 0 saturated carbocycles. The van der Waals surface area contributed by atoms with Crippen LogP contribution in [0.3, 0.4) is 0 Å². The predicted molar refractivity (Wildman–Crippen MR) is 75.8 cm³/mol. The van der Waals surface area contributed by atoms with E-state index in [4.69, 9.17) is 10.3 Å². The zero-order valence-electron chi connectivity index (χ0n) is 11.0. The zero-order valence-corrected chi connectivity index (χ0v) is 11.0. The van der Waals surface area contributed by atoms with Gasteiger partial charge in [-0.15, -0.1) is 0 Å². The Bertz CT molecular complexity index is 642. The van der Waals surface area contributed by atoms with Gasteiger partial charge in [-0.25, -0.2) is 0 Å². The molecule has 0 spiro atoms. The Balaban J connectivity index is 2.05. The predicted octanol–water partition coefficient (Wildman–Crippen LogP) is 4.49. The van der Waals surface area contributed by atoms with E-state index in [0.717, 1.165) is 5.56 Å². The van der Waals surface area contributed by atoms with Gasteiger partial charge in [0, 0.05) is 10.5 Å². The monoisotopic (exact) mass is 267 g/mol. The molecule has 5 nitrogen and oxygen atoms in total. The van der Waals surface area contributed by atoms with Crippen molar-refractivity contribution >= 4 is 5.78 Å². The van der Waals surface area contributed by atoms with Gasteiger partial charge in [0.2, 0.25) is 0 Å². The highest BCUT2D eigenvalue weighted by Crippen LogP contribution is 2.22. The molecule has 0 unspecified atom stereocenters. The Labute approximate surface area is 116 Å². The molecule has 0 fully saturated rings. The van der Waals surface area contributed by atoms with Crippen LogP contribution in [0, 0.1) is 0 Å². The van der Waals surface area contributed by atoms with Gasteiger partial charge in [0.05, 0.1) is 6.54 Å². The van der Waals surface area contributed by atoms with Gasteiger partial charge in [0.25, 0.3) is 0 Å². The van der Waals surface area contributed by atoms with Crippen LogP contribution in [0.2, 0.25) is 0 Å². The molecule has 0 radical (unpaired) electrons. The van der Waals surface area contributed by atoms with E-state index >= 15 is 0 Å². The van der Waals surface area contributed by atoms with Crippen molar-refractivity contribution in [1.29, 1.82) is 0 Å². The number of ketones is 1. The fraction of sp³-hybridized carbons (Fsp3) is 0.133. The lowest BCUT2D eigenvalue weighted by Gasteiger charge is -2.06. The number of hydrogen-bond donors (Lipinski definition) is 0. The zero-order chi connectivity index (χ0) is 14.4. The third-order valence-electron chi connectivity index (χ3n) is 2.74. The van der Waals surface area contributed by atoms with Gasteiger partial charge in [0.15, 0.2) is 5.78 Å². The molecule has 0 atom stereocenters. The maximum absolute atomic E-state index is 11.2. The molecule has 0 amide bonds. The molecule has 0 heterocycles. The second-order valence-electron chi connectivity index (χ2n) is 4.22. The molecule has 20 heavy (non-hydrogen) atoms. The van der Waals surface area contributed by atoms with Gasteiger partial charge in [-0.05, 0) is 54.4 Å². The van der Waals surface area contributed by atoms with Crippen molar-refractivity contribution in [2.24, 2.45) is 5.11 Å². The van der Waals surface area contributed by atoms with Crippen molar-refractivity contribution in [1.82, 2.24) is 0 Å². The maximum atomic E-state index is 11.2. The molecule has 0 aliphatic rings. The molecular weight excluding hydrogens is 254 g/mol. The number of rotatable bonds is 5. The van der Waals surface area contributed by atoms with E-state index in [-0.39, 0.29) is 5.78 Å². The van der Waals surface area contributed by atoms with Crippen molar-refractivity contribution in [3.05, 3.63) is 70.1 Å². The van der Waals surface area contributed by atoms with Crippen LogP contribution in [-0.4, -0.2) is 5.78 Å². The van der Waals surface area contributed by atoms with Gasteiger partial charge < -0.3 is 4.74 Å². The van der Waals surface area contributed by atoms with E-state index in [0.29, 0.717) is 23.6 Å². The number of azide groups is 1. The van der Waals surface area contributed by atoms with Crippen molar-refractivity contribution in [2.45, 2.75) is 13.5 Å². The van der Waals surface area contributed by atoms with Crippen molar-refractivity contribution in [3.8, 4) is 11.5 Å². The van der Waals surface area contributed by atoms with Gasteiger partial charge in [-0.3, -0.25) is 4.79 Å². The third kappa shape index (κ3) is 3.60. The second-order valence-corrected chi connectivity index (χ2v) is 4.22. The molecule has 2 aromatic rings. The smallest absolute Gasteiger partial charge is 0.159 e. The summed E-state index contributed by atoms with van der Waals surface area (Å²) in [4.78, 5) is 13.9. The number of carbonyl (C=O) groups excluding carboxylic acids is 1. The average Bonchev–Trinajstić information content (AvgIpc) is 2.47. The quantitative estimate of drug-likeness (QED) is 0.346. The van der Waals surface area contributed by atoms with Gasteiger partial charge in [-0.2, -0.15) is 0 Å². The standard InChI is InChI=1S/C15H13N3O2/c1-11(19)13-4-8-15(9-5-13)20-14-6-2-12(3-7-14)10-17-18-16/h2-9H,10H2,1H3. The van der Waals surface area contributed by atoms with E-state index in [9.17, 15) is 4.79 Å². The Kier molecular flexibility index (Phi) is 4.37. The van der Waals surface area contributed by atoms with Gasteiger partial charge in [-0.1, -0.05) is 17.2 Å². The summed E-state index contributed by atoms with van der Waals surface area (Å²) in [5.74, 6) is 1.38. The first-order valence-electron chi connectivity index (χ1n) is 6.07. The number of Topliss-reactive ketones (excluding diaryl/α,β-unsaturated/α-hetero) is 1. The fourth-order valence-electron chi connectivity index (χ4n) is 1.67. The number of ether oxygens (including phenoxy) is 1. The minimum atomic E-state index is 0.0268. The summed E-state index contributed by atoms with van der Waals surface area (Å²) in [5, 5.41) is 3.49. The molecule has 0 bridgehead atoms. The average molecular weight is 267 g/mol. The molecule has 5 heteroatoms. The summed E-state index contributed by atoms with van der Waals surface area (Å²) >= 11 is 0. The summed E-state index contributed by atoms with van der Waals surface area (Å²) in [6.07, 6.45) is 0. The molecule has 100 valence electrons. The summed E-state index contributed by atoms with van der Waals surface area (Å²) in [7, 11) is 0. The summed E-state index contributed by atoms with van der Waals surface area (Å²) in [6, 6.07) is 14.3. The lowest BCUT2D eigenvalue weighted by atomic mass is 10.1. The van der Waals surface area contributed by atoms with E-state index in [1.807, 2.05) is 12.1 Å². The summed E-state index contributed by atoms with van der Waals surface area (Å²) in [6.45, 7) is 1.85. The number of nitrogens with zero attached hydrogens (tertiary/aromatic N) is 3. The molecule has 0 N–H and O–H groups in total. The van der Waals surface area contributed by atoms with Crippen LogP contribution >= 0.6 is 0 Å².